The molecule has 0 amide bonds. The number of rotatable bonds is 1. The Bertz CT molecular complexity index is 2610. The van der Waals surface area contributed by atoms with Crippen molar-refractivity contribution >= 4 is 23.4 Å². The van der Waals surface area contributed by atoms with Gasteiger partial charge in [0.2, 0.25) is 0 Å². The molecule has 16 heteroatoms. The van der Waals surface area contributed by atoms with E-state index in [4.69, 9.17) is 37.9 Å². The highest BCUT2D eigenvalue weighted by Crippen LogP contribution is 2.49. The van der Waals surface area contributed by atoms with Crippen LogP contribution in [-0.2, 0) is 47.5 Å². The first-order valence-corrected chi connectivity index (χ1v) is 29.3. The van der Waals surface area contributed by atoms with Crippen molar-refractivity contribution in [3.63, 3.8) is 0 Å². The highest BCUT2D eigenvalue weighted by Gasteiger charge is 2.61. The van der Waals surface area contributed by atoms with Crippen molar-refractivity contribution in [3.05, 3.63) is 94.2 Å². The van der Waals surface area contributed by atoms with Gasteiger partial charge in [-0.25, -0.2) is 0 Å². The van der Waals surface area contributed by atoms with Crippen molar-refractivity contribution in [3.8, 4) is 0 Å². The molecule has 16 nitrogen and oxygen atoms in total. The molecule has 2 aliphatic carbocycles. The fourth-order valence-electron chi connectivity index (χ4n) is 14.1. The van der Waals surface area contributed by atoms with Crippen LogP contribution >= 0.6 is 0 Å². The number of carbonyl (C=O) groups is 2. The summed E-state index contributed by atoms with van der Waals surface area (Å²) in [5.74, 6) is -3.22. The van der Waals surface area contributed by atoms with Gasteiger partial charge in [0.25, 0.3) is 0 Å². The van der Waals surface area contributed by atoms with Crippen molar-refractivity contribution in [1.82, 2.24) is 0 Å². The van der Waals surface area contributed by atoms with Crippen LogP contribution < -0.4 is 0 Å². The monoisotopic (exact) mass is 1100 g/mol. The number of aliphatic hydroxyl groups is 2. The zero-order chi connectivity index (χ0) is 56.6. The maximum absolute atomic E-state index is 13.9. The third-order valence-corrected chi connectivity index (χ3v) is 18.7. The second kappa shape index (κ2) is 24.1. The fraction of sp³-hybridized carbons (Fsp3) is 0.683. The van der Waals surface area contributed by atoms with Crippen LogP contribution in [0.15, 0.2) is 105 Å². The van der Waals surface area contributed by atoms with Crippen molar-refractivity contribution in [2.75, 3.05) is 13.2 Å². The summed E-state index contributed by atoms with van der Waals surface area (Å²) in [6, 6.07) is 0. The lowest BCUT2D eigenvalue weighted by Crippen LogP contribution is -2.57. The molecule has 10 rings (SSSR count). The van der Waals surface area contributed by atoms with Crippen LogP contribution in [0.25, 0.3) is 0 Å². The highest BCUT2D eigenvalue weighted by atomic mass is 16.7. The zero-order valence-corrected chi connectivity index (χ0v) is 48.2. The topological polar surface area (TPSA) is 214 Å². The molecular weight excluding hydrogens is 1010 g/mol. The van der Waals surface area contributed by atoms with Crippen molar-refractivity contribution in [1.29, 1.82) is 0 Å². The van der Waals surface area contributed by atoms with Crippen LogP contribution in [0.1, 0.15) is 153 Å². The fourth-order valence-corrected chi connectivity index (χ4v) is 14.1. The molecular formula is C63H88N2O14. The molecule has 8 aliphatic heterocycles. The number of fused-ring (bicyclic) bond motifs is 4. The smallest absolute Gasteiger partial charge is 0.316 e. The summed E-state index contributed by atoms with van der Waals surface area (Å²) < 4.78 is 50.8. The molecule has 6 saturated heterocycles. The average Bonchev–Trinajstić information content (AvgIpc) is 4.00. The van der Waals surface area contributed by atoms with Gasteiger partial charge in [0, 0.05) is 38.5 Å². The summed E-state index contributed by atoms with van der Waals surface area (Å²) in [5, 5.41) is 50.5. The highest BCUT2D eigenvalue weighted by molar-refractivity contribution is 6.07. The van der Waals surface area contributed by atoms with Crippen molar-refractivity contribution in [2.24, 2.45) is 45.8 Å². The Balaban J connectivity index is 0.000000192. The number of carbonyl (C=O) groups excluding carboxylic acids is 2. The number of hydrogen-bond acceptors (Lipinski definition) is 16. The van der Waals surface area contributed by atoms with Gasteiger partial charge in [-0.3, -0.25) is 9.59 Å². The number of oxime groups is 2. The summed E-state index contributed by atoms with van der Waals surface area (Å²) in [7, 11) is 0. The van der Waals surface area contributed by atoms with Gasteiger partial charge >= 0.3 is 11.9 Å². The third kappa shape index (κ3) is 12.2. The van der Waals surface area contributed by atoms with E-state index in [1.165, 1.54) is 11.1 Å². The van der Waals surface area contributed by atoms with Gasteiger partial charge in [0.15, 0.2) is 11.6 Å². The van der Waals surface area contributed by atoms with E-state index in [9.17, 15) is 30.2 Å². The van der Waals surface area contributed by atoms with Gasteiger partial charge in [0.05, 0.1) is 37.6 Å². The van der Waals surface area contributed by atoms with E-state index < -0.39 is 71.0 Å². The molecule has 79 heavy (non-hydrogen) atoms. The van der Waals surface area contributed by atoms with Crippen molar-refractivity contribution < 1.29 is 68.1 Å². The minimum atomic E-state index is -1.72. The van der Waals surface area contributed by atoms with Crippen molar-refractivity contribution in [2.45, 2.75) is 224 Å². The normalized spacial score (nSPS) is 46.3. The Kier molecular flexibility index (Phi) is 18.1. The number of allylic oxidation sites excluding steroid dienone is 8. The molecule has 8 heterocycles. The van der Waals surface area contributed by atoms with Gasteiger partial charge in [-0.15, -0.1) is 0 Å². The Morgan fingerprint density at radius 2 is 1.05 bits per heavy atom. The summed E-state index contributed by atoms with van der Waals surface area (Å²) in [6.45, 7) is 21.0. The summed E-state index contributed by atoms with van der Waals surface area (Å²) in [5.41, 5.74) is 1.84. The maximum Gasteiger partial charge on any atom is 0.316 e. The lowest BCUT2D eigenvalue weighted by molar-refractivity contribution is -0.335. The predicted octanol–water partition coefficient (Wildman–Crippen LogP) is 10.4. The van der Waals surface area contributed by atoms with Crippen LogP contribution in [0.3, 0.4) is 0 Å². The number of esters is 2. The minimum absolute atomic E-state index is 0.0431. The van der Waals surface area contributed by atoms with E-state index in [0.29, 0.717) is 66.2 Å². The molecule has 0 unspecified atom stereocenters. The Morgan fingerprint density at radius 1 is 0.608 bits per heavy atom. The van der Waals surface area contributed by atoms with Gasteiger partial charge < -0.3 is 58.5 Å². The number of hydrogen-bond donors (Lipinski definition) is 4. The molecule has 0 aromatic rings. The molecule has 0 saturated carbocycles. The molecule has 0 radical (unpaired) electrons. The Labute approximate surface area is 467 Å². The van der Waals surface area contributed by atoms with Crippen LogP contribution in [-0.4, -0.2) is 129 Å². The molecule has 2 spiro atoms. The van der Waals surface area contributed by atoms with Gasteiger partial charge in [0.1, 0.15) is 58.9 Å². The number of nitrogens with zero attached hydrogens (tertiary/aromatic N) is 2. The third-order valence-electron chi connectivity index (χ3n) is 18.7. The first-order valence-electron chi connectivity index (χ1n) is 29.3. The lowest BCUT2D eigenvalue weighted by atomic mass is 9.71. The van der Waals surface area contributed by atoms with Gasteiger partial charge in [-0.1, -0.05) is 117 Å². The maximum atomic E-state index is 13.9. The minimum Gasteiger partial charge on any atom is -0.462 e. The molecule has 10 aliphatic rings. The molecule has 18 atom stereocenters. The Morgan fingerprint density at radius 3 is 1.48 bits per heavy atom. The molecule has 0 aromatic carbocycles. The first-order chi connectivity index (χ1) is 37.6. The molecule has 4 N–H and O–H groups in total. The average molecular weight is 1100 g/mol. The zero-order valence-electron chi connectivity index (χ0n) is 48.2. The van der Waals surface area contributed by atoms with Crippen LogP contribution in [0.4, 0.5) is 0 Å². The summed E-state index contributed by atoms with van der Waals surface area (Å²) in [4.78, 5) is 27.8. The summed E-state index contributed by atoms with van der Waals surface area (Å²) >= 11 is 0. The standard InChI is InChI=1S/C32H45NO7.C31H43NO7/c1-6-27-21(4)12-13-31(40-27)17-25-16-24(39-31)11-10-20(3)14-19(2)8-7-9-23-18-37-29-28(33-36)22(5)15-26(30(34)38-25)32(23,29)35;1-18-7-6-8-23-17-36-28-27(32-35)21(4)14-26(31(23,28)34)29(33)37-25-15-24(10-9-19(2)13-18)39-30(16-25)12-11-20(3)22(5)38-30/h7-10,15,19,21,24-27,29,35-36H,6,11-14,16-18H2,1-5H3;6-9,14,18,20,22,24-26,28,34-35H,10-13,15-17H2,1-5H3/b8-7+,20-10+,23-9+,33-28-;7-6?,19-9-,23-8?,32-27-/t19-,21-,24+,25-,26-,27+,29+,31+,32+;18-,20-,22+,24+,25-,26-,28+,30-,31+/m00/s1. The van der Waals surface area contributed by atoms with Gasteiger partial charge in [-0.05, 0) is 126 Å². The summed E-state index contributed by atoms with van der Waals surface area (Å²) in [6.07, 6.45) is 26.1. The van der Waals surface area contributed by atoms with E-state index in [-0.39, 0.29) is 60.9 Å². The van der Waals surface area contributed by atoms with Gasteiger partial charge in [-0.2, -0.15) is 0 Å². The molecule has 6 fully saturated rings. The molecule has 434 valence electrons. The lowest BCUT2D eigenvalue weighted by Gasteiger charge is -2.49. The second-order valence-electron chi connectivity index (χ2n) is 25.0. The van der Waals surface area contributed by atoms with Crippen LogP contribution in [0, 0.1) is 35.5 Å². The molecule has 4 bridgehead atoms. The van der Waals surface area contributed by atoms with E-state index in [2.05, 4.69) is 90.0 Å². The second-order valence-corrected chi connectivity index (χ2v) is 25.0. The Hall–Kier alpha value is -4.52. The van der Waals surface area contributed by atoms with E-state index in [0.717, 1.165) is 51.4 Å². The number of ether oxygens (including phenoxy) is 8. The van der Waals surface area contributed by atoms with Crippen LogP contribution in [0.2, 0.25) is 0 Å². The quantitative estimate of drug-likeness (QED) is 0.0833. The van der Waals surface area contributed by atoms with E-state index in [1.807, 2.05) is 24.3 Å². The first kappa shape index (κ1) is 59.1. The SMILES string of the molecule is CC1=C[C@H]2C(=O)O[C@H]3C[C@@H](C/C=C(/C)C[C@@H](C)C=CC=C4CO[C@H](/C1=N\O)[C@@]42O)O[C@@]1(CC[C@H](C)[C@@H](C)O1)C3.CC[C@H]1O[C@]2(CC[C@@H]1C)C[C@@H]1C[C@@H](C/C=C(\C)C[C@@H](C)/C=C/C=C3\CO[C@@H]4/C(=N\O)C(C)=C[C@@H](C(=O)O1)[C@]34O)O2. The predicted molar refractivity (Wildman–Crippen MR) is 297 cm³/mol. The van der Waals surface area contributed by atoms with E-state index >= 15 is 0 Å². The largest absolute Gasteiger partial charge is 0.462 e. The van der Waals surface area contributed by atoms with Crippen LogP contribution in [0.5, 0.6) is 0 Å². The van der Waals surface area contributed by atoms with E-state index in [1.54, 1.807) is 26.0 Å². The molecule has 0 aromatic heterocycles.